The molecular formula is C23H29N7O2. The van der Waals surface area contributed by atoms with Crippen molar-refractivity contribution in [2.45, 2.75) is 44.6 Å². The standard InChI is InChI=1S/C23H29N7O2/c31-23(32)29-13-11-28(12-14-29)19-9-7-18(8-10-19)26-22-24-15-17-16-25-30(21(17)27-22)20-5-3-1-2-4-6-20/h7-10,15-16,20H,1-6,11-14H2,(H,31,32)(H,24,26,27). The molecule has 3 aromatic rings. The van der Waals surface area contributed by atoms with Gasteiger partial charge in [0.25, 0.3) is 0 Å². The maximum Gasteiger partial charge on any atom is 0.407 e. The Bertz CT molecular complexity index is 1070. The zero-order chi connectivity index (χ0) is 21.9. The van der Waals surface area contributed by atoms with Gasteiger partial charge < -0.3 is 20.2 Å². The van der Waals surface area contributed by atoms with Crippen molar-refractivity contribution in [3.05, 3.63) is 36.7 Å². The van der Waals surface area contributed by atoms with Crippen LogP contribution in [0.25, 0.3) is 11.0 Å². The minimum Gasteiger partial charge on any atom is -0.465 e. The van der Waals surface area contributed by atoms with E-state index in [-0.39, 0.29) is 0 Å². The number of carboxylic acid groups (broad SMARTS) is 1. The van der Waals surface area contributed by atoms with Crippen LogP contribution in [-0.4, -0.2) is 62.0 Å². The van der Waals surface area contributed by atoms with Gasteiger partial charge in [-0.2, -0.15) is 10.1 Å². The van der Waals surface area contributed by atoms with Gasteiger partial charge in [-0.1, -0.05) is 25.7 Å². The lowest BCUT2D eigenvalue weighted by atomic mass is 10.1. The summed E-state index contributed by atoms with van der Waals surface area (Å²) >= 11 is 0. The number of rotatable bonds is 4. The van der Waals surface area contributed by atoms with Crippen LogP contribution in [0.15, 0.2) is 36.7 Å². The summed E-state index contributed by atoms with van der Waals surface area (Å²) in [5.74, 6) is 0.565. The van der Waals surface area contributed by atoms with Crippen LogP contribution < -0.4 is 10.2 Å². The Labute approximate surface area is 187 Å². The van der Waals surface area contributed by atoms with Crippen LogP contribution in [0.4, 0.5) is 22.1 Å². The van der Waals surface area contributed by atoms with Crippen molar-refractivity contribution in [3.63, 3.8) is 0 Å². The number of anilines is 3. The molecule has 1 amide bonds. The summed E-state index contributed by atoms with van der Waals surface area (Å²) in [6, 6.07) is 8.53. The van der Waals surface area contributed by atoms with Crippen LogP contribution >= 0.6 is 0 Å². The molecule has 2 aromatic heterocycles. The largest absolute Gasteiger partial charge is 0.465 e. The number of fused-ring (bicyclic) bond motifs is 1. The minimum absolute atomic E-state index is 0.415. The molecule has 0 spiro atoms. The van der Waals surface area contributed by atoms with Gasteiger partial charge in [0.2, 0.25) is 5.95 Å². The van der Waals surface area contributed by atoms with E-state index in [2.05, 4.69) is 25.0 Å². The molecule has 9 heteroatoms. The third-order valence-electron chi connectivity index (χ3n) is 6.54. The van der Waals surface area contributed by atoms with E-state index < -0.39 is 6.09 Å². The van der Waals surface area contributed by atoms with Crippen LogP contribution in [0.2, 0.25) is 0 Å². The highest BCUT2D eigenvalue weighted by atomic mass is 16.4. The Kier molecular flexibility index (Phi) is 5.79. The first-order valence-corrected chi connectivity index (χ1v) is 11.5. The first-order valence-electron chi connectivity index (χ1n) is 11.5. The Morgan fingerprint density at radius 1 is 0.969 bits per heavy atom. The van der Waals surface area contributed by atoms with Crippen molar-refractivity contribution in [3.8, 4) is 0 Å². The molecule has 2 N–H and O–H groups in total. The third kappa shape index (κ3) is 4.32. The molecule has 32 heavy (non-hydrogen) atoms. The fourth-order valence-electron chi connectivity index (χ4n) is 4.71. The lowest BCUT2D eigenvalue weighted by Gasteiger charge is -2.34. The highest BCUT2D eigenvalue weighted by Gasteiger charge is 2.21. The number of hydrogen-bond donors (Lipinski definition) is 2. The number of carbonyl (C=O) groups is 1. The predicted octanol–water partition coefficient (Wildman–Crippen LogP) is 4.27. The average molecular weight is 436 g/mol. The van der Waals surface area contributed by atoms with Crippen LogP contribution in [0, 0.1) is 0 Å². The molecular weight excluding hydrogens is 406 g/mol. The fraction of sp³-hybridized carbons (Fsp3) is 0.478. The van der Waals surface area contributed by atoms with Crippen molar-refractivity contribution >= 4 is 34.4 Å². The summed E-state index contributed by atoms with van der Waals surface area (Å²) in [5.41, 5.74) is 2.89. The van der Waals surface area contributed by atoms with E-state index in [0.717, 1.165) is 35.2 Å². The SMILES string of the molecule is O=C(O)N1CCN(c2ccc(Nc3ncc4cnn(C5CCCCCC5)c4n3)cc2)CC1. The Hall–Kier alpha value is -3.36. The topological polar surface area (TPSA) is 99.4 Å². The fourth-order valence-corrected chi connectivity index (χ4v) is 4.71. The molecule has 5 rings (SSSR count). The molecule has 2 aliphatic rings. The van der Waals surface area contributed by atoms with Crippen LogP contribution in [0.1, 0.15) is 44.6 Å². The quantitative estimate of drug-likeness (QED) is 0.591. The minimum atomic E-state index is -0.846. The van der Waals surface area contributed by atoms with Gasteiger partial charge in [0.1, 0.15) is 0 Å². The van der Waals surface area contributed by atoms with E-state index in [1.807, 2.05) is 36.7 Å². The molecule has 1 saturated carbocycles. The van der Waals surface area contributed by atoms with Crippen molar-refractivity contribution < 1.29 is 9.90 Å². The summed E-state index contributed by atoms with van der Waals surface area (Å²) in [4.78, 5) is 24.0. The molecule has 1 aliphatic heterocycles. The smallest absolute Gasteiger partial charge is 0.407 e. The van der Waals surface area contributed by atoms with Crippen molar-refractivity contribution in [2.75, 3.05) is 36.4 Å². The molecule has 0 bridgehead atoms. The number of amides is 1. The Balaban J connectivity index is 1.28. The van der Waals surface area contributed by atoms with E-state index in [9.17, 15) is 4.79 Å². The van der Waals surface area contributed by atoms with Gasteiger partial charge in [0, 0.05) is 43.8 Å². The Morgan fingerprint density at radius 2 is 1.69 bits per heavy atom. The second-order valence-electron chi connectivity index (χ2n) is 8.64. The molecule has 1 saturated heterocycles. The van der Waals surface area contributed by atoms with E-state index >= 15 is 0 Å². The maximum absolute atomic E-state index is 11.1. The van der Waals surface area contributed by atoms with Gasteiger partial charge in [0.15, 0.2) is 5.65 Å². The maximum atomic E-state index is 11.1. The van der Waals surface area contributed by atoms with E-state index in [0.29, 0.717) is 38.2 Å². The molecule has 168 valence electrons. The van der Waals surface area contributed by atoms with Gasteiger partial charge >= 0.3 is 6.09 Å². The molecule has 3 heterocycles. The van der Waals surface area contributed by atoms with Gasteiger partial charge in [-0.25, -0.2) is 14.5 Å². The second kappa shape index (κ2) is 9.02. The van der Waals surface area contributed by atoms with Crippen molar-refractivity contribution in [2.24, 2.45) is 0 Å². The number of nitrogens with one attached hydrogen (secondary N) is 1. The first kappa shape index (κ1) is 20.5. The number of nitrogens with zero attached hydrogens (tertiary/aromatic N) is 6. The highest BCUT2D eigenvalue weighted by Crippen LogP contribution is 2.29. The van der Waals surface area contributed by atoms with Gasteiger partial charge in [-0.15, -0.1) is 0 Å². The molecule has 0 unspecified atom stereocenters. The highest BCUT2D eigenvalue weighted by molar-refractivity contribution is 5.75. The van der Waals surface area contributed by atoms with Crippen LogP contribution in [0.5, 0.6) is 0 Å². The van der Waals surface area contributed by atoms with Gasteiger partial charge in [0.05, 0.1) is 17.6 Å². The lowest BCUT2D eigenvalue weighted by molar-refractivity contribution is 0.142. The molecule has 2 fully saturated rings. The monoisotopic (exact) mass is 435 g/mol. The molecule has 9 nitrogen and oxygen atoms in total. The van der Waals surface area contributed by atoms with Crippen LogP contribution in [-0.2, 0) is 0 Å². The average Bonchev–Trinajstić information content (AvgIpc) is 3.04. The summed E-state index contributed by atoms with van der Waals surface area (Å²) < 4.78 is 2.09. The Morgan fingerprint density at radius 3 is 2.38 bits per heavy atom. The zero-order valence-corrected chi connectivity index (χ0v) is 18.2. The molecule has 0 radical (unpaired) electrons. The summed E-state index contributed by atoms with van der Waals surface area (Å²) in [6.07, 6.45) is 10.3. The molecule has 1 aliphatic carbocycles. The van der Waals surface area contributed by atoms with E-state index in [1.54, 1.807) is 0 Å². The summed E-state index contributed by atoms with van der Waals surface area (Å²) in [5, 5.41) is 18.0. The number of aromatic nitrogens is 4. The summed E-state index contributed by atoms with van der Waals surface area (Å²) in [6.45, 7) is 2.45. The molecule has 1 aromatic carbocycles. The predicted molar refractivity (Wildman–Crippen MR) is 124 cm³/mol. The van der Waals surface area contributed by atoms with Gasteiger partial charge in [-0.3, -0.25) is 0 Å². The zero-order valence-electron chi connectivity index (χ0n) is 18.2. The molecule has 0 atom stereocenters. The number of hydrogen-bond acceptors (Lipinski definition) is 6. The van der Waals surface area contributed by atoms with Crippen LogP contribution in [0.3, 0.4) is 0 Å². The third-order valence-corrected chi connectivity index (χ3v) is 6.54. The number of benzene rings is 1. The normalized spacial score (nSPS) is 18.0. The lowest BCUT2D eigenvalue weighted by Crippen LogP contribution is -2.48. The summed E-state index contributed by atoms with van der Waals surface area (Å²) in [7, 11) is 0. The second-order valence-corrected chi connectivity index (χ2v) is 8.64. The van der Waals surface area contributed by atoms with E-state index in [1.165, 1.54) is 30.6 Å². The van der Waals surface area contributed by atoms with Crippen molar-refractivity contribution in [1.82, 2.24) is 24.6 Å². The van der Waals surface area contributed by atoms with E-state index in [4.69, 9.17) is 10.1 Å². The number of piperazine rings is 1. The first-order chi connectivity index (χ1) is 15.7. The van der Waals surface area contributed by atoms with Crippen molar-refractivity contribution in [1.29, 1.82) is 0 Å². The van der Waals surface area contributed by atoms with Gasteiger partial charge in [-0.05, 0) is 37.1 Å².